The van der Waals surface area contributed by atoms with Gasteiger partial charge < -0.3 is 10.1 Å². The summed E-state index contributed by atoms with van der Waals surface area (Å²) in [6.45, 7) is 2.82. The van der Waals surface area contributed by atoms with Crippen molar-refractivity contribution in [3.63, 3.8) is 0 Å². The smallest absolute Gasteiger partial charge is 0.243 e. The monoisotopic (exact) mass is 529 g/mol. The van der Waals surface area contributed by atoms with Gasteiger partial charge in [-0.3, -0.25) is 9.10 Å². The van der Waals surface area contributed by atoms with Crippen molar-refractivity contribution < 1.29 is 26.4 Å². The molecule has 1 N–H and O–H groups in total. The van der Waals surface area contributed by atoms with Crippen LogP contribution in [0.1, 0.15) is 19.8 Å². The number of nitrogens with one attached hydrogen (secondary N) is 1. The van der Waals surface area contributed by atoms with Gasteiger partial charge in [0.15, 0.2) is 0 Å². The Bertz CT molecular complexity index is 1200. The van der Waals surface area contributed by atoms with E-state index in [1.54, 1.807) is 24.3 Å². The average molecular weight is 530 g/mol. The molecule has 1 heterocycles. The lowest BCUT2D eigenvalue weighted by molar-refractivity contribution is -0.121. The molecule has 34 heavy (non-hydrogen) atoms. The molecule has 1 aliphatic heterocycles. The Labute approximate surface area is 205 Å². The number of benzene rings is 2. The summed E-state index contributed by atoms with van der Waals surface area (Å²) in [5.74, 6) is -0.0300. The maximum Gasteiger partial charge on any atom is 0.243 e. The molecular formula is C22H28ClN3O6S2. The molecule has 0 aliphatic carbocycles. The second-order valence-corrected chi connectivity index (χ2v) is 12.2. The number of halogens is 1. The molecule has 3 rings (SSSR count). The summed E-state index contributed by atoms with van der Waals surface area (Å²) >= 11 is 5.88. The molecule has 1 amide bonds. The Morgan fingerprint density at radius 3 is 2.21 bits per heavy atom. The average Bonchev–Trinajstić information content (AvgIpc) is 3.33. The van der Waals surface area contributed by atoms with Crippen LogP contribution in [0.3, 0.4) is 0 Å². The van der Waals surface area contributed by atoms with Crippen LogP contribution >= 0.6 is 11.6 Å². The van der Waals surface area contributed by atoms with E-state index in [-0.39, 0.29) is 18.0 Å². The van der Waals surface area contributed by atoms with Crippen molar-refractivity contribution in [2.24, 2.45) is 0 Å². The molecule has 1 fully saturated rings. The quantitative estimate of drug-likeness (QED) is 0.473. The lowest BCUT2D eigenvalue weighted by Crippen LogP contribution is -2.48. The number of rotatable bonds is 10. The predicted molar refractivity (Wildman–Crippen MR) is 131 cm³/mol. The highest BCUT2D eigenvalue weighted by atomic mass is 35.5. The minimum atomic E-state index is -3.73. The number of hydrogen-bond donors (Lipinski definition) is 1. The largest absolute Gasteiger partial charge is 0.492 e. The number of carbonyl (C=O) groups excluding carboxylic acids is 1. The van der Waals surface area contributed by atoms with E-state index in [0.717, 1.165) is 23.4 Å². The van der Waals surface area contributed by atoms with Gasteiger partial charge in [-0.2, -0.15) is 4.31 Å². The fraction of sp³-hybridized carbons (Fsp3) is 0.409. The van der Waals surface area contributed by atoms with E-state index in [4.69, 9.17) is 16.3 Å². The maximum atomic E-state index is 12.6. The Kier molecular flexibility index (Phi) is 8.45. The van der Waals surface area contributed by atoms with Crippen LogP contribution in [0.25, 0.3) is 0 Å². The van der Waals surface area contributed by atoms with Gasteiger partial charge >= 0.3 is 0 Å². The SMILES string of the molecule is CC(C(=O)NCCOc1ccc(S(=O)(=O)N2CCCC2)cc1)N(c1ccc(Cl)cc1)S(C)(=O)=O. The van der Waals surface area contributed by atoms with Crippen LogP contribution in [-0.4, -0.2) is 65.6 Å². The zero-order valence-corrected chi connectivity index (χ0v) is 21.4. The van der Waals surface area contributed by atoms with Crippen LogP contribution in [0.15, 0.2) is 53.4 Å². The summed E-state index contributed by atoms with van der Waals surface area (Å²) in [5.41, 5.74) is 0.328. The lowest BCUT2D eigenvalue weighted by atomic mass is 10.2. The highest BCUT2D eigenvalue weighted by molar-refractivity contribution is 7.92. The van der Waals surface area contributed by atoms with Crippen molar-refractivity contribution in [1.29, 1.82) is 0 Å². The minimum absolute atomic E-state index is 0.122. The van der Waals surface area contributed by atoms with E-state index >= 15 is 0 Å². The van der Waals surface area contributed by atoms with Gasteiger partial charge in [-0.25, -0.2) is 16.8 Å². The molecule has 1 atom stereocenters. The highest BCUT2D eigenvalue weighted by Gasteiger charge is 2.29. The van der Waals surface area contributed by atoms with Crippen LogP contribution in [0.2, 0.25) is 5.02 Å². The van der Waals surface area contributed by atoms with Crippen LogP contribution in [0.5, 0.6) is 5.75 Å². The summed E-state index contributed by atoms with van der Waals surface area (Å²) in [7, 11) is -7.21. The lowest BCUT2D eigenvalue weighted by Gasteiger charge is -2.28. The minimum Gasteiger partial charge on any atom is -0.492 e. The number of nitrogens with zero attached hydrogens (tertiary/aromatic N) is 2. The number of anilines is 1. The van der Waals surface area contributed by atoms with Gasteiger partial charge in [-0.15, -0.1) is 0 Å². The molecule has 2 aromatic rings. The van der Waals surface area contributed by atoms with Gasteiger partial charge in [0.25, 0.3) is 0 Å². The molecule has 0 bridgehead atoms. The first-order chi connectivity index (χ1) is 16.0. The molecule has 1 saturated heterocycles. The third-order valence-electron chi connectivity index (χ3n) is 5.37. The number of ether oxygens (including phenoxy) is 1. The molecular weight excluding hydrogens is 502 g/mol. The predicted octanol–water partition coefficient (Wildman–Crippen LogP) is 2.47. The molecule has 1 aliphatic rings. The van der Waals surface area contributed by atoms with Crippen LogP contribution in [-0.2, 0) is 24.8 Å². The van der Waals surface area contributed by atoms with E-state index < -0.39 is 32.0 Å². The van der Waals surface area contributed by atoms with E-state index in [1.165, 1.54) is 35.5 Å². The molecule has 0 aromatic heterocycles. The number of amides is 1. The third-order valence-corrected chi connectivity index (χ3v) is 8.77. The second kappa shape index (κ2) is 10.9. The first-order valence-corrected chi connectivity index (χ1v) is 14.4. The molecule has 9 nitrogen and oxygen atoms in total. The Morgan fingerprint density at radius 2 is 1.65 bits per heavy atom. The van der Waals surface area contributed by atoms with Gasteiger partial charge in [0.1, 0.15) is 18.4 Å². The van der Waals surface area contributed by atoms with Gasteiger partial charge in [0, 0.05) is 18.1 Å². The Morgan fingerprint density at radius 1 is 1.06 bits per heavy atom. The fourth-order valence-electron chi connectivity index (χ4n) is 3.67. The van der Waals surface area contributed by atoms with Crippen LogP contribution < -0.4 is 14.4 Å². The summed E-state index contributed by atoms with van der Waals surface area (Å²) in [6, 6.07) is 11.3. The molecule has 0 radical (unpaired) electrons. The number of sulfonamides is 2. The summed E-state index contributed by atoms with van der Waals surface area (Å²) in [5, 5.41) is 3.11. The molecule has 2 aromatic carbocycles. The molecule has 12 heteroatoms. The van der Waals surface area contributed by atoms with Crippen LogP contribution in [0, 0.1) is 0 Å². The summed E-state index contributed by atoms with van der Waals surface area (Å²) < 4.78 is 57.8. The van der Waals surface area contributed by atoms with Gasteiger partial charge in [-0.1, -0.05) is 11.6 Å². The van der Waals surface area contributed by atoms with E-state index in [2.05, 4.69) is 5.32 Å². The second-order valence-electron chi connectivity index (χ2n) is 7.93. The Balaban J connectivity index is 1.53. The van der Waals surface area contributed by atoms with Gasteiger partial charge in [-0.05, 0) is 68.3 Å². The van der Waals surface area contributed by atoms with E-state index in [9.17, 15) is 21.6 Å². The molecule has 186 valence electrons. The Hall–Kier alpha value is -2.34. The number of hydrogen-bond acceptors (Lipinski definition) is 6. The van der Waals surface area contributed by atoms with Gasteiger partial charge in [0.05, 0.1) is 23.4 Å². The zero-order valence-electron chi connectivity index (χ0n) is 19.0. The molecule has 0 spiro atoms. The van der Waals surface area contributed by atoms with E-state index in [0.29, 0.717) is 29.5 Å². The topological polar surface area (TPSA) is 113 Å². The maximum absolute atomic E-state index is 12.6. The first kappa shape index (κ1) is 26.3. The summed E-state index contributed by atoms with van der Waals surface area (Å²) in [4.78, 5) is 12.8. The zero-order chi connectivity index (χ0) is 24.9. The molecule has 1 unspecified atom stereocenters. The van der Waals surface area contributed by atoms with Crippen molar-refractivity contribution in [3.05, 3.63) is 53.6 Å². The number of carbonyl (C=O) groups is 1. The van der Waals surface area contributed by atoms with Crippen molar-refractivity contribution in [2.75, 3.05) is 36.8 Å². The van der Waals surface area contributed by atoms with Crippen molar-refractivity contribution in [1.82, 2.24) is 9.62 Å². The van der Waals surface area contributed by atoms with Crippen molar-refractivity contribution >= 4 is 43.2 Å². The van der Waals surface area contributed by atoms with Crippen molar-refractivity contribution in [3.8, 4) is 5.75 Å². The van der Waals surface area contributed by atoms with Crippen molar-refractivity contribution in [2.45, 2.75) is 30.7 Å². The first-order valence-electron chi connectivity index (χ1n) is 10.8. The molecule has 0 saturated carbocycles. The normalized spacial score (nSPS) is 15.6. The summed E-state index contributed by atoms with van der Waals surface area (Å²) in [6.07, 6.45) is 2.76. The van der Waals surface area contributed by atoms with E-state index in [1.807, 2.05) is 0 Å². The highest BCUT2D eigenvalue weighted by Crippen LogP contribution is 2.24. The standard InChI is InChI=1S/C22H28ClN3O6S2/c1-17(26(33(2,28)29)19-7-5-18(23)6-8-19)22(27)24-13-16-32-20-9-11-21(12-10-20)34(30,31)25-14-3-4-15-25/h5-12,17H,3-4,13-16H2,1-2H3,(H,24,27). The fourth-order valence-corrected chi connectivity index (χ4v) is 6.49. The van der Waals surface area contributed by atoms with Crippen LogP contribution in [0.4, 0.5) is 5.69 Å². The third kappa shape index (κ3) is 6.41. The van der Waals surface area contributed by atoms with Gasteiger partial charge in [0.2, 0.25) is 26.0 Å².